The summed E-state index contributed by atoms with van der Waals surface area (Å²) >= 11 is 0. The normalized spacial score (nSPS) is 11.4. The first-order valence-corrected chi connectivity index (χ1v) is 10.3. The number of nitrogens with one attached hydrogen (secondary N) is 1. The van der Waals surface area contributed by atoms with Gasteiger partial charge in [0.25, 0.3) is 0 Å². The van der Waals surface area contributed by atoms with Crippen molar-refractivity contribution < 1.29 is 4.42 Å². The van der Waals surface area contributed by atoms with Crippen LogP contribution in [-0.2, 0) is 20.0 Å². The largest absolute Gasteiger partial charge is 0.468 e. The van der Waals surface area contributed by atoms with Gasteiger partial charge in [0.15, 0.2) is 0 Å². The molecule has 0 aliphatic heterocycles. The van der Waals surface area contributed by atoms with Crippen LogP contribution in [-0.4, -0.2) is 16.3 Å². The molecule has 0 aliphatic rings. The van der Waals surface area contributed by atoms with Crippen LogP contribution < -0.4 is 5.32 Å². The third-order valence-electron chi connectivity index (χ3n) is 5.58. The summed E-state index contributed by atoms with van der Waals surface area (Å²) in [4.78, 5) is 0. The number of nitrogens with zero attached hydrogens (tertiary/aromatic N) is 2. The molecule has 0 radical (unpaired) electrons. The Kier molecular flexibility index (Phi) is 5.54. The van der Waals surface area contributed by atoms with Crippen molar-refractivity contribution >= 4 is 10.9 Å². The first kappa shape index (κ1) is 19.5. The Morgan fingerprint density at radius 3 is 2.55 bits per heavy atom. The third kappa shape index (κ3) is 3.99. The lowest BCUT2D eigenvalue weighted by Gasteiger charge is -2.12. The Labute approximate surface area is 172 Å². The van der Waals surface area contributed by atoms with Gasteiger partial charge < -0.3 is 9.73 Å². The molecule has 2 heterocycles. The van der Waals surface area contributed by atoms with Crippen LogP contribution in [0.2, 0.25) is 0 Å². The number of rotatable bonds is 7. The fourth-order valence-electron chi connectivity index (χ4n) is 4.38. The molecule has 0 saturated carbocycles. The Hall–Kier alpha value is -2.85. The van der Waals surface area contributed by atoms with Gasteiger partial charge in [-0.05, 0) is 69.0 Å². The minimum Gasteiger partial charge on any atom is -0.468 e. The molecule has 2 aromatic heterocycles. The molecule has 0 bridgehead atoms. The van der Waals surface area contributed by atoms with E-state index in [4.69, 9.17) is 9.52 Å². The molecule has 0 fully saturated rings. The highest BCUT2D eigenvalue weighted by Crippen LogP contribution is 2.34. The second-order valence-corrected chi connectivity index (χ2v) is 7.91. The molecule has 0 amide bonds. The maximum Gasteiger partial charge on any atom is 0.117 e. The summed E-state index contributed by atoms with van der Waals surface area (Å²) in [6.45, 7) is 8.27. The standard InChI is InChI=1S/C25H29N3O/c1-17-14-18(2)24(19(3)15-17)22-10-5-9-21-23(28(4)27-25(21)22)11-6-12-26-16-20-8-7-13-29-20/h5,7-10,13-15,26H,6,11-12,16H2,1-4H3. The smallest absolute Gasteiger partial charge is 0.117 e. The molecular weight excluding hydrogens is 358 g/mol. The van der Waals surface area contributed by atoms with Gasteiger partial charge in [0, 0.05) is 23.7 Å². The zero-order valence-corrected chi connectivity index (χ0v) is 17.7. The fourth-order valence-corrected chi connectivity index (χ4v) is 4.38. The molecule has 4 heteroatoms. The van der Waals surface area contributed by atoms with Gasteiger partial charge in [0.05, 0.1) is 12.8 Å². The van der Waals surface area contributed by atoms with Crippen molar-refractivity contribution in [3.05, 3.63) is 76.9 Å². The van der Waals surface area contributed by atoms with Gasteiger partial charge in [-0.25, -0.2) is 0 Å². The van der Waals surface area contributed by atoms with E-state index < -0.39 is 0 Å². The fraction of sp³-hybridized carbons (Fsp3) is 0.320. The molecular formula is C25H29N3O. The molecule has 2 aromatic carbocycles. The number of aromatic nitrogens is 2. The Bertz CT molecular complexity index is 1100. The third-order valence-corrected chi connectivity index (χ3v) is 5.58. The molecule has 0 saturated heterocycles. The summed E-state index contributed by atoms with van der Waals surface area (Å²) in [6.07, 6.45) is 3.77. The highest BCUT2D eigenvalue weighted by Gasteiger charge is 2.16. The molecule has 0 unspecified atom stereocenters. The van der Waals surface area contributed by atoms with Crippen LogP contribution in [0.4, 0.5) is 0 Å². The van der Waals surface area contributed by atoms with Crippen molar-refractivity contribution in [1.29, 1.82) is 0 Å². The molecule has 150 valence electrons. The lowest BCUT2D eigenvalue weighted by Crippen LogP contribution is -2.15. The summed E-state index contributed by atoms with van der Waals surface area (Å²) in [5.74, 6) is 0.976. The zero-order valence-electron chi connectivity index (χ0n) is 17.7. The first-order chi connectivity index (χ1) is 14.0. The van der Waals surface area contributed by atoms with Crippen molar-refractivity contribution in [3.8, 4) is 11.1 Å². The van der Waals surface area contributed by atoms with Crippen molar-refractivity contribution in [2.75, 3.05) is 6.54 Å². The number of aryl methyl sites for hydroxylation is 5. The summed E-state index contributed by atoms with van der Waals surface area (Å²) in [7, 11) is 2.06. The van der Waals surface area contributed by atoms with E-state index in [1.165, 1.54) is 38.9 Å². The van der Waals surface area contributed by atoms with Crippen LogP contribution in [0.3, 0.4) is 0 Å². The second-order valence-electron chi connectivity index (χ2n) is 7.91. The molecule has 0 spiro atoms. The Morgan fingerprint density at radius 2 is 1.83 bits per heavy atom. The van der Waals surface area contributed by atoms with Gasteiger partial charge >= 0.3 is 0 Å². The van der Waals surface area contributed by atoms with E-state index in [1.807, 2.05) is 12.1 Å². The zero-order chi connectivity index (χ0) is 20.4. The van der Waals surface area contributed by atoms with Gasteiger partial charge in [-0.15, -0.1) is 0 Å². The van der Waals surface area contributed by atoms with Crippen LogP contribution in [0.5, 0.6) is 0 Å². The average Bonchev–Trinajstić information content (AvgIpc) is 3.29. The number of furan rings is 1. The second kappa shape index (κ2) is 8.26. The average molecular weight is 388 g/mol. The Morgan fingerprint density at radius 1 is 1.03 bits per heavy atom. The SMILES string of the molecule is Cc1cc(C)c(-c2cccc3c(CCCNCc4ccco4)n(C)nc23)c(C)c1. The van der Waals surface area contributed by atoms with Gasteiger partial charge in [-0.2, -0.15) is 5.10 Å². The van der Waals surface area contributed by atoms with E-state index >= 15 is 0 Å². The molecule has 1 N–H and O–H groups in total. The number of fused-ring (bicyclic) bond motifs is 1. The number of hydrogen-bond donors (Lipinski definition) is 1. The number of benzene rings is 2. The Balaban J connectivity index is 1.56. The molecule has 29 heavy (non-hydrogen) atoms. The van der Waals surface area contributed by atoms with Crippen LogP contribution in [0.15, 0.2) is 53.1 Å². The molecule has 0 atom stereocenters. The van der Waals surface area contributed by atoms with E-state index in [0.29, 0.717) is 0 Å². The molecule has 4 rings (SSSR count). The minimum absolute atomic E-state index is 0.773. The molecule has 4 aromatic rings. The van der Waals surface area contributed by atoms with Crippen molar-refractivity contribution in [3.63, 3.8) is 0 Å². The van der Waals surface area contributed by atoms with Crippen molar-refractivity contribution in [2.45, 2.75) is 40.2 Å². The highest BCUT2D eigenvalue weighted by atomic mass is 16.3. The quantitative estimate of drug-likeness (QED) is 0.427. The van der Waals surface area contributed by atoms with Gasteiger partial charge in [-0.3, -0.25) is 4.68 Å². The van der Waals surface area contributed by atoms with E-state index in [-0.39, 0.29) is 0 Å². The van der Waals surface area contributed by atoms with Gasteiger partial charge in [-0.1, -0.05) is 35.9 Å². The predicted molar refractivity (Wildman–Crippen MR) is 119 cm³/mol. The van der Waals surface area contributed by atoms with Gasteiger partial charge in [0.1, 0.15) is 11.3 Å². The number of hydrogen-bond acceptors (Lipinski definition) is 3. The van der Waals surface area contributed by atoms with Crippen LogP contribution in [0, 0.1) is 20.8 Å². The maximum absolute atomic E-state index is 5.37. The van der Waals surface area contributed by atoms with E-state index in [0.717, 1.165) is 37.2 Å². The van der Waals surface area contributed by atoms with Crippen LogP contribution in [0.25, 0.3) is 22.0 Å². The maximum atomic E-state index is 5.37. The predicted octanol–water partition coefficient (Wildman–Crippen LogP) is 5.48. The molecule has 0 aliphatic carbocycles. The van der Waals surface area contributed by atoms with Crippen LogP contribution >= 0.6 is 0 Å². The topological polar surface area (TPSA) is 43.0 Å². The van der Waals surface area contributed by atoms with Gasteiger partial charge in [0.2, 0.25) is 0 Å². The van der Waals surface area contributed by atoms with E-state index in [2.05, 4.69) is 68.1 Å². The van der Waals surface area contributed by atoms with Crippen molar-refractivity contribution in [2.24, 2.45) is 7.05 Å². The lowest BCUT2D eigenvalue weighted by molar-refractivity contribution is 0.480. The summed E-state index contributed by atoms with van der Waals surface area (Å²) in [6, 6.07) is 15.0. The van der Waals surface area contributed by atoms with E-state index in [1.54, 1.807) is 6.26 Å². The molecule has 4 nitrogen and oxygen atoms in total. The summed E-state index contributed by atoms with van der Waals surface area (Å²) in [5.41, 5.74) is 8.86. The monoisotopic (exact) mass is 387 g/mol. The van der Waals surface area contributed by atoms with E-state index in [9.17, 15) is 0 Å². The minimum atomic E-state index is 0.773. The highest BCUT2D eigenvalue weighted by molar-refractivity contribution is 5.96. The first-order valence-electron chi connectivity index (χ1n) is 10.3. The summed E-state index contributed by atoms with van der Waals surface area (Å²) in [5, 5.41) is 9.63. The van der Waals surface area contributed by atoms with Crippen LogP contribution in [0.1, 0.15) is 34.6 Å². The lowest BCUT2D eigenvalue weighted by atomic mass is 9.92. The van der Waals surface area contributed by atoms with Crippen molar-refractivity contribution in [1.82, 2.24) is 15.1 Å². The summed E-state index contributed by atoms with van der Waals surface area (Å²) < 4.78 is 7.42.